The zero-order valence-electron chi connectivity index (χ0n) is 8.28. The Balaban J connectivity index is 2.36. The Bertz CT molecular complexity index is 582. The van der Waals surface area contributed by atoms with Crippen LogP contribution in [0.1, 0.15) is 0 Å². The lowest BCUT2D eigenvalue weighted by Gasteiger charge is -2.07. The van der Waals surface area contributed by atoms with Gasteiger partial charge in [-0.25, -0.2) is 4.57 Å². The monoisotopic (exact) mass is 335 g/mol. The second-order valence-electron chi connectivity index (χ2n) is 3.13. The van der Waals surface area contributed by atoms with Gasteiger partial charge >= 0.3 is 7.82 Å². The average molecular weight is 336 g/mol. The van der Waals surface area contributed by atoms with Crippen LogP contribution in [-0.2, 0) is 4.57 Å². The smallest absolute Gasteiger partial charge is 0.404 e. The molecule has 0 aliphatic heterocycles. The van der Waals surface area contributed by atoms with E-state index in [1.54, 1.807) is 18.2 Å². The fraction of sp³-hybridized carbons (Fsp3) is 0. The molecular formula is C9H7BrNO4PS. The zero-order chi connectivity index (χ0) is 12.5. The maximum atomic E-state index is 10.7. The molecular weight excluding hydrogens is 329 g/mol. The largest absolute Gasteiger partial charge is 0.524 e. The minimum Gasteiger partial charge on any atom is -0.404 e. The van der Waals surface area contributed by atoms with E-state index in [9.17, 15) is 4.57 Å². The molecule has 2 aromatic rings. The minimum absolute atomic E-state index is 0.119. The van der Waals surface area contributed by atoms with Crippen LogP contribution >= 0.6 is 35.3 Å². The van der Waals surface area contributed by atoms with Crippen molar-refractivity contribution in [3.63, 3.8) is 0 Å². The molecule has 2 N–H and O–H groups in total. The lowest BCUT2D eigenvalue weighted by Crippen LogP contribution is -1.90. The Hall–Kier alpha value is -0.720. The molecule has 90 valence electrons. The maximum absolute atomic E-state index is 10.7. The molecule has 8 heteroatoms. The van der Waals surface area contributed by atoms with Gasteiger partial charge in [-0.3, -0.25) is 9.79 Å². The normalized spacial score (nSPS) is 11.5. The van der Waals surface area contributed by atoms with Crippen molar-refractivity contribution in [2.75, 3.05) is 0 Å². The number of nitrogens with zero attached hydrogens (tertiary/aromatic N) is 1. The van der Waals surface area contributed by atoms with Crippen molar-refractivity contribution >= 4 is 35.3 Å². The van der Waals surface area contributed by atoms with Gasteiger partial charge in [0.25, 0.3) is 0 Å². The van der Waals surface area contributed by atoms with Gasteiger partial charge in [-0.15, -0.1) is 0 Å². The second kappa shape index (κ2) is 4.88. The predicted octanol–water partition coefficient (Wildman–Crippen LogP) is 3.04. The SMILES string of the molecule is O=P(O)(O)Oc1cccc(-c2csnc2Br)c1. The van der Waals surface area contributed by atoms with E-state index in [1.165, 1.54) is 17.6 Å². The number of halogens is 1. The number of benzene rings is 1. The molecule has 0 atom stereocenters. The number of hydrogen-bond donors (Lipinski definition) is 2. The molecule has 1 aromatic carbocycles. The number of phosphoric ester groups is 1. The summed E-state index contributed by atoms with van der Waals surface area (Å²) in [6.07, 6.45) is 0. The van der Waals surface area contributed by atoms with Gasteiger partial charge in [0.05, 0.1) is 0 Å². The van der Waals surface area contributed by atoms with Gasteiger partial charge in [0, 0.05) is 10.9 Å². The van der Waals surface area contributed by atoms with Gasteiger partial charge in [-0.2, -0.15) is 4.37 Å². The summed E-state index contributed by atoms with van der Waals surface area (Å²) in [4.78, 5) is 17.4. The van der Waals surface area contributed by atoms with E-state index in [0.717, 1.165) is 11.1 Å². The van der Waals surface area contributed by atoms with Crippen LogP contribution in [-0.4, -0.2) is 14.2 Å². The minimum atomic E-state index is -4.52. The van der Waals surface area contributed by atoms with Crippen LogP contribution in [0.2, 0.25) is 0 Å². The lowest BCUT2D eigenvalue weighted by molar-refractivity contribution is 0.283. The van der Waals surface area contributed by atoms with Crippen molar-refractivity contribution in [3.05, 3.63) is 34.2 Å². The first-order chi connectivity index (χ1) is 7.96. The Kier molecular flexibility index (Phi) is 3.65. The highest BCUT2D eigenvalue weighted by Gasteiger charge is 2.16. The maximum Gasteiger partial charge on any atom is 0.524 e. The van der Waals surface area contributed by atoms with Gasteiger partial charge in [-0.05, 0) is 45.2 Å². The van der Waals surface area contributed by atoms with E-state index >= 15 is 0 Å². The molecule has 0 fully saturated rings. The Morgan fingerprint density at radius 3 is 2.76 bits per heavy atom. The number of rotatable bonds is 3. The average Bonchev–Trinajstić information content (AvgIpc) is 2.62. The molecule has 0 amide bonds. The first kappa shape index (κ1) is 12.7. The number of phosphoric acid groups is 1. The molecule has 0 bridgehead atoms. The van der Waals surface area contributed by atoms with Crippen molar-refractivity contribution in [3.8, 4) is 16.9 Å². The van der Waals surface area contributed by atoms with Crippen molar-refractivity contribution in [1.29, 1.82) is 0 Å². The van der Waals surface area contributed by atoms with Crippen LogP contribution in [0, 0.1) is 0 Å². The van der Waals surface area contributed by atoms with E-state index in [4.69, 9.17) is 9.79 Å². The summed E-state index contributed by atoms with van der Waals surface area (Å²) in [7, 11) is -4.52. The van der Waals surface area contributed by atoms with Gasteiger partial charge in [-0.1, -0.05) is 12.1 Å². The summed E-state index contributed by atoms with van der Waals surface area (Å²) in [6.45, 7) is 0. The molecule has 1 heterocycles. The van der Waals surface area contributed by atoms with E-state index in [2.05, 4.69) is 24.8 Å². The fourth-order valence-corrected chi connectivity index (χ4v) is 3.00. The molecule has 0 aliphatic carbocycles. The highest BCUT2D eigenvalue weighted by atomic mass is 79.9. The third-order valence-electron chi connectivity index (χ3n) is 1.90. The van der Waals surface area contributed by atoms with Crippen LogP contribution in [0.5, 0.6) is 5.75 Å². The molecule has 0 unspecified atom stereocenters. The fourth-order valence-electron chi connectivity index (χ4n) is 1.27. The molecule has 17 heavy (non-hydrogen) atoms. The zero-order valence-corrected chi connectivity index (χ0v) is 11.6. The van der Waals surface area contributed by atoms with E-state index in [1.807, 2.05) is 5.38 Å². The highest BCUT2D eigenvalue weighted by molar-refractivity contribution is 9.10. The summed E-state index contributed by atoms with van der Waals surface area (Å²) >= 11 is 4.58. The highest BCUT2D eigenvalue weighted by Crippen LogP contribution is 2.39. The van der Waals surface area contributed by atoms with Crippen molar-refractivity contribution in [1.82, 2.24) is 4.37 Å². The summed E-state index contributed by atoms with van der Waals surface area (Å²) in [5.74, 6) is 0.119. The topological polar surface area (TPSA) is 79.7 Å². The van der Waals surface area contributed by atoms with E-state index in [-0.39, 0.29) is 5.75 Å². The lowest BCUT2D eigenvalue weighted by atomic mass is 10.1. The Morgan fingerprint density at radius 2 is 2.18 bits per heavy atom. The van der Waals surface area contributed by atoms with Gasteiger partial charge in [0.15, 0.2) is 0 Å². The number of aromatic nitrogens is 1. The first-order valence-electron chi connectivity index (χ1n) is 4.41. The van der Waals surface area contributed by atoms with Gasteiger partial charge in [0.1, 0.15) is 10.4 Å². The summed E-state index contributed by atoms with van der Waals surface area (Å²) in [6, 6.07) is 6.50. The molecule has 5 nitrogen and oxygen atoms in total. The molecule has 0 aliphatic rings. The standard InChI is InChI=1S/C9H7BrNO4PS/c10-9-8(5-17-11-9)6-2-1-3-7(4-6)15-16(12,13)14/h1-5H,(H2,12,13,14). The second-order valence-corrected chi connectivity index (χ2v) is 5.67. The quantitative estimate of drug-likeness (QED) is 0.842. The molecule has 0 saturated heterocycles. The van der Waals surface area contributed by atoms with Crippen LogP contribution in [0.25, 0.3) is 11.1 Å². The number of hydrogen-bond acceptors (Lipinski definition) is 4. The molecule has 0 spiro atoms. The van der Waals surface area contributed by atoms with Gasteiger partial charge in [0.2, 0.25) is 0 Å². The molecule has 0 saturated carbocycles. The van der Waals surface area contributed by atoms with Crippen LogP contribution in [0.3, 0.4) is 0 Å². The van der Waals surface area contributed by atoms with E-state index in [0.29, 0.717) is 4.60 Å². The first-order valence-corrected chi connectivity index (χ1v) is 7.57. The van der Waals surface area contributed by atoms with Crippen molar-refractivity contribution in [2.24, 2.45) is 0 Å². The van der Waals surface area contributed by atoms with Crippen molar-refractivity contribution < 1.29 is 18.9 Å². The Labute approximate surface area is 110 Å². The summed E-state index contributed by atoms with van der Waals surface area (Å²) < 4.78 is 20.0. The van der Waals surface area contributed by atoms with Crippen molar-refractivity contribution in [2.45, 2.75) is 0 Å². The molecule has 1 aromatic heterocycles. The summed E-state index contributed by atoms with van der Waals surface area (Å²) in [5.41, 5.74) is 1.63. The molecule has 0 radical (unpaired) electrons. The Morgan fingerprint density at radius 1 is 1.41 bits per heavy atom. The molecule has 2 rings (SSSR count). The van der Waals surface area contributed by atoms with E-state index < -0.39 is 7.82 Å². The third kappa shape index (κ3) is 3.37. The summed E-state index contributed by atoms with van der Waals surface area (Å²) in [5, 5.41) is 1.83. The van der Waals surface area contributed by atoms with Crippen LogP contribution < -0.4 is 4.52 Å². The van der Waals surface area contributed by atoms with Crippen LogP contribution in [0.4, 0.5) is 0 Å². The predicted molar refractivity (Wildman–Crippen MR) is 67.9 cm³/mol. The van der Waals surface area contributed by atoms with Gasteiger partial charge < -0.3 is 4.52 Å². The van der Waals surface area contributed by atoms with Crippen LogP contribution in [0.15, 0.2) is 34.2 Å². The third-order valence-corrected chi connectivity index (χ3v) is 3.81.